The number of aliphatic hydroxyl groups excluding tert-OH is 1. The van der Waals surface area contributed by atoms with Crippen LogP contribution in [0.15, 0.2) is 22.7 Å². The zero-order chi connectivity index (χ0) is 12.0. The fraction of sp³-hybridized carbons (Fsp3) is 0.500. The maximum absolute atomic E-state index is 9.77. The molecule has 2 nitrogen and oxygen atoms in total. The van der Waals surface area contributed by atoms with Crippen LogP contribution in [-0.4, -0.2) is 24.4 Å². The van der Waals surface area contributed by atoms with Gasteiger partial charge in [-0.3, -0.25) is 0 Å². The average Bonchev–Trinajstić information content (AvgIpc) is 2.23. The highest BCUT2D eigenvalue weighted by molar-refractivity contribution is 9.10. The molecule has 90 valence electrons. The van der Waals surface area contributed by atoms with Crippen LogP contribution in [-0.2, 0) is 11.2 Å². The summed E-state index contributed by atoms with van der Waals surface area (Å²) >= 11 is 9.41. The first-order valence-corrected chi connectivity index (χ1v) is 6.50. The van der Waals surface area contributed by atoms with Gasteiger partial charge < -0.3 is 9.84 Å². The highest BCUT2D eigenvalue weighted by Gasteiger charge is 2.08. The van der Waals surface area contributed by atoms with E-state index < -0.39 is 6.10 Å². The topological polar surface area (TPSA) is 29.5 Å². The molecule has 0 aliphatic carbocycles. The maximum Gasteiger partial charge on any atom is 0.0603 e. The van der Waals surface area contributed by atoms with Crippen LogP contribution in [0.3, 0.4) is 0 Å². The molecule has 0 radical (unpaired) electrons. The molecule has 0 heterocycles. The van der Waals surface area contributed by atoms with Gasteiger partial charge in [0.15, 0.2) is 0 Å². The lowest BCUT2D eigenvalue weighted by Gasteiger charge is -2.11. The molecule has 0 bridgehead atoms. The van der Waals surface area contributed by atoms with Crippen LogP contribution in [0, 0.1) is 0 Å². The summed E-state index contributed by atoms with van der Waals surface area (Å²) in [5, 5.41) is 10.5. The number of hydrogen-bond acceptors (Lipinski definition) is 2. The number of rotatable bonds is 6. The van der Waals surface area contributed by atoms with Crippen LogP contribution in [0.2, 0.25) is 5.02 Å². The molecule has 1 aromatic rings. The Bertz CT molecular complexity index is 331. The Hall–Kier alpha value is -0.0900. The lowest BCUT2D eigenvalue weighted by atomic mass is 10.1. The molecule has 0 amide bonds. The molecule has 1 N–H and O–H groups in total. The van der Waals surface area contributed by atoms with E-state index in [1.807, 2.05) is 25.1 Å². The predicted octanol–water partition coefficient (Wildman–Crippen LogP) is 3.43. The van der Waals surface area contributed by atoms with E-state index in [-0.39, 0.29) is 0 Å². The van der Waals surface area contributed by atoms with E-state index in [9.17, 15) is 5.11 Å². The van der Waals surface area contributed by atoms with Crippen LogP contribution >= 0.6 is 27.5 Å². The number of ether oxygens (including phenoxy) is 1. The minimum Gasteiger partial charge on any atom is -0.393 e. The monoisotopic (exact) mass is 306 g/mol. The predicted molar refractivity (Wildman–Crippen MR) is 70.0 cm³/mol. The van der Waals surface area contributed by atoms with Gasteiger partial charge in [-0.1, -0.05) is 33.6 Å². The van der Waals surface area contributed by atoms with Gasteiger partial charge in [-0.25, -0.2) is 0 Å². The first kappa shape index (κ1) is 14.0. The van der Waals surface area contributed by atoms with Crippen molar-refractivity contribution in [3.63, 3.8) is 0 Å². The van der Waals surface area contributed by atoms with Crippen molar-refractivity contribution in [2.45, 2.75) is 25.9 Å². The van der Waals surface area contributed by atoms with Gasteiger partial charge in [0.25, 0.3) is 0 Å². The molecule has 0 aliphatic rings. The molecule has 0 aliphatic heterocycles. The molecule has 0 saturated carbocycles. The highest BCUT2D eigenvalue weighted by Crippen LogP contribution is 2.22. The van der Waals surface area contributed by atoms with E-state index >= 15 is 0 Å². The second-order valence-corrected chi connectivity index (χ2v) is 4.90. The minimum absolute atomic E-state index is 0.398. The zero-order valence-electron chi connectivity index (χ0n) is 9.25. The van der Waals surface area contributed by atoms with Crippen molar-refractivity contribution < 1.29 is 9.84 Å². The average molecular weight is 308 g/mol. The van der Waals surface area contributed by atoms with Gasteiger partial charge in [0, 0.05) is 22.7 Å². The summed E-state index contributed by atoms with van der Waals surface area (Å²) in [4.78, 5) is 0. The Morgan fingerprint density at radius 2 is 2.25 bits per heavy atom. The molecule has 1 rings (SSSR count). The Balaban J connectivity index is 2.46. The van der Waals surface area contributed by atoms with Crippen LogP contribution in [0.5, 0.6) is 0 Å². The SMILES string of the molecule is CCOCCC(O)Cc1ccc(Br)cc1Cl. The molecule has 16 heavy (non-hydrogen) atoms. The van der Waals surface area contributed by atoms with Crippen LogP contribution in [0.4, 0.5) is 0 Å². The largest absolute Gasteiger partial charge is 0.393 e. The smallest absolute Gasteiger partial charge is 0.0603 e. The molecule has 0 fully saturated rings. The van der Waals surface area contributed by atoms with Crippen molar-refractivity contribution in [3.8, 4) is 0 Å². The molecule has 1 aromatic carbocycles. The van der Waals surface area contributed by atoms with Crippen LogP contribution in [0.1, 0.15) is 18.9 Å². The van der Waals surface area contributed by atoms with Gasteiger partial charge >= 0.3 is 0 Å². The van der Waals surface area contributed by atoms with Gasteiger partial charge in [0.2, 0.25) is 0 Å². The lowest BCUT2D eigenvalue weighted by molar-refractivity contribution is 0.0887. The number of aliphatic hydroxyl groups is 1. The summed E-state index contributed by atoms with van der Waals surface area (Å²) in [6, 6.07) is 5.69. The summed E-state index contributed by atoms with van der Waals surface area (Å²) in [6.45, 7) is 3.22. The van der Waals surface area contributed by atoms with Gasteiger partial charge in [-0.2, -0.15) is 0 Å². The summed E-state index contributed by atoms with van der Waals surface area (Å²) in [7, 11) is 0. The quantitative estimate of drug-likeness (QED) is 0.816. The number of halogens is 2. The molecule has 0 spiro atoms. The van der Waals surface area contributed by atoms with E-state index in [0.29, 0.717) is 31.1 Å². The fourth-order valence-corrected chi connectivity index (χ4v) is 2.16. The lowest BCUT2D eigenvalue weighted by Crippen LogP contribution is -2.13. The zero-order valence-corrected chi connectivity index (χ0v) is 11.6. The van der Waals surface area contributed by atoms with Gasteiger partial charge in [0.05, 0.1) is 6.10 Å². The van der Waals surface area contributed by atoms with Gasteiger partial charge in [-0.05, 0) is 37.5 Å². The summed E-state index contributed by atoms with van der Waals surface area (Å²) in [5.41, 5.74) is 0.967. The fourth-order valence-electron chi connectivity index (χ4n) is 1.41. The van der Waals surface area contributed by atoms with Crippen molar-refractivity contribution in [1.29, 1.82) is 0 Å². The van der Waals surface area contributed by atoms with Crippen molar-refractivity contribution in [3.05, 3.63) is 33.3 Å². The van der Waals surface area contributed by atoms with E-state index in [0.717, 1.165) is 10.0 Å². The Kier molecular flexibility index (Phi) is 6.36. The summed E-state index contributed by atoms with van der Waals surface area (Å²) in [5.74, 6) is 0. The molecule has 0 aromatic heterocycles. The molecular formula is C12H16BrClO2. The maximum atomic E-state index is 9.77. The second-order valence-electron chi connectivity index (χ2n) is 3.58. The molecule has 4 heteroatoms. The third-order valence-corrected chi connectivity index (χ3v) is 3.12. The Morgan fingerprint density at radius 1 is 1.50 bits per heavy atom. The standard InChI is InChI=1S/C12H16BrClO2/c1-2-16-6-5-11(15)7-9-3-4-10(13)8-12(9)14/h3-4,8,11,15H,2,5-7H2,1H3. The van der Waals surface area contributed by atoms with E-state index in [2.05, 4.69) is 15.9 Å². The van der Waals surface area contributed by atoms with Gasteiger partial charge in [0.1, 0.15) is 0 Å². The molecular weight excluding hydrogens is 291 g/mol. The summed E-state index contributed by atoms with van der Waals surface area (Å²) in [6.07, 6.45) is 0.810. The van der Waals surface area contributed by atoms with Crippen LogP contribution < -0.4 is 0 Å². The molecule has 0 saturated heterocycles. The summed E-state index contributed by atoms with van der Waals surface area (Å²) < 4.78 is 6.14. The third kappa shape index (κ3) is 4.83. The van der Waals surface area contributed by atoms with E-state index in [1.54, 1.807) is 0 Å². The van der Waals surface area contributed by atoms with Crippen molar-refractivity contribution in [2.24, 2.45) is 0 Å². The second kappa shape index (κ2) is 7.28. The normalized spacial score (nSPS) is 12.8. The van der Waals surface area contributed by atoms with Crippen molar-refractivity contribution >= 4 is 27.5 Å². The molecule has 1 unspecified atom stereocenters. The first-order valence-electron chi connectivity index (χ1n) is 5.33. The number of benzene rings is 1. The van der Waals surface area contributed by atoms with Gasteiger partial charge in [-0.15, -0.1) is 0 Å². The third-order valence-electron chi connectivity index (χ3n) is 2.27. The molecule has 1 atom stereocenters. The minimum atomic E-state index is -0.398. The first-order chi connectivity index (χ1) is 7.63. The van der Waals surface area contributed by atoms with Crippen LogP contribution in [0.25, 0.3) is 0 Å². The van der Waals surface area contributed by atoms with Crippen molar-refractivity contribution in [1.82, 2.24) is 0 Å². The number of hydrogen-bond donors (Lipinski definition) is 1. The Morgan fingerprint density at radius 3 is 2.88 bits per heavy atom. The van der Waals surface area contributed by atoms with E-state index in [1.165, 1.54) is 0 Å². The highest BCUT2D eigenvalue weighted by atomic mass is 79.9. The van der Waals surface area contributed by atoms with E-state index in [4.69, 9.17) is 16.3 Å². The Labute approximate surface area is 110 Å². The van der Waals surface area contributed by atoms with Crippen molar-refractivity contribution in [2.75, 3.05) is 13.2 Å².